The number of benzene rings is 2. The molecule has 0 amide bonds. The molecule has 0 aliphatic heterocycles. The topological polar surface area (TPSA) is 49.8 Å². The Balaban J connectivity index is 1.80. The van der Waals surface area contributed by atoms with E-state index < -0.39 is 10.6 Å². The van der Waals surface area contributed by atoms with Crippen LogP contribution in [-0.4, -0.2) is 44.2 Å². The lowest BCUT2D eigenvalue weighted by Crippen LogP contribution is -2.44. The van der Waals surface area contributed by atoms with Gasteiger partial charge in [0, 0.05) is 16.3 Å². The summed E-state index contributed by atoms with van der Waals surface area (Å²) in [7, 11) is 32.1. The minimum Gasteiger partial charge on any atom is -0.454 e. The summed E-state index contributed by atoms with van der Waals surface area (Å²) < 4.78 is 6.41. The maximum atomic E-state index is 10.2. The monoisotopic (exact) mass is 444 g/mol. The highest BCUT2D eigenvalue weighted by molar-refractivity contribution is 6.52. The van der Waals surface area contributed by atoms with Crippen LogP contribution in [0.5, 0.6) is 0 Å². The van der Waals surface area contributed by atoms with E-state index in [9.17, 15) is 5.26 Å². The molecule has 8 heteroatoms. The molecule has 2 aromatic heterocycles. The first-order valence-corrected chi connectivity index (χ1v) is 11.9. The van der Waals surface area contributed by atoms with Gasteiger partial charge in [-0.25, -0.2) is 0 Å². The number of pyridine rings is 1. The maximum absolute atomic E-state index is 10.2. The van der Waals surface area contributed by atoms with Crippen molar-refractivity contribution in [3.63, 3.8) is 0 Å². The summed E-state index contributed by atoms with van der Waals surface area (Å²) >= 11 is 0. The van der Waals surface area contributed by atoms with Gasteiger partial charge in [-0.3, -0.25) is 4.98 Å². The van der Waals surface area contributed by atoms with Crippen LogP contribution < -0.4 is 16.5 Å². The number of para-hydroxylation sites is 1. The van der Waals surface area contributed by atoms with Crippen LogP contribution in [0.1, 0.15) is 62.6 Å². The van der Waals surface area contributed by atoms with E-state index >= 15 is 0 Å². The highest BCUT2D eigenvalue weighted by Crippen LogP contribution is 2.43. The van der Waals surface area contributed by atoms with Gasteiger partial charge in [0.2, 0.25) is 0 Å². The Morgan fingerprint density at radius 2 is 1.66 bits per heavy atom. The number of fused-ring (bicyclic) bond motifs is 3. The van der Waals surface area contributed by atoms with Crippen LogP contribution in [0.25, 0.3) is 33.2 Å². The number of hydrogen-bond acceptors (Lipinski definition) is 3. The minimum absolute atomic E-state index is 0.151. The van der Waals surface area contributed by atoms with Crippen LogP contribution in [0.15, 0.2) is 34.7 Å². The van der Waals surface area contributed by atoms with E-state index in [-0.39, 0.29) is 11.1 Å². The second-order valence-corrected chi connectivity index (χ2v) is 10.2. The fraction of sp³-hybridized carbons (Fsp3) is 0.333. The van der Waals surface area contributed by atoms with Gasteiger partial charge >= 0.3 is 0 Å². The Bertz CT molecular complexity index is 1520. The average molecular weight is 444 g/mol. The summed E-state index contributed by atoms with van der Waals surface area (Å²) in [5.41, 5.74) is 4.81. The molecule has 1 aliphatic carbocycles. The molecule has 1 saturated carbocycles. The second kappa shape index (κ2) is 8.40. The van der Waals surface area contributed by atoms with Gasteiger partial charge in [0.25, 0.3) is 0 Å². The molecule has 0 bridgehead atoms. The summed E-state index contributed by atoms with van der Waals surface area (Å²) in [6, 6.07) is 12.1. The molecular weight excluding hydrogens is 422 g/mol. The predicted octanol–water partition coefficient (Wildman–Crippen LogP) is 2.63. The van der Waals surface area contributed by atoms with Gasteiger partial charge < -0.3 is 4.42 Å². The summed E-state index contributed by atoms with van der Waals surface area (Å²) in [6.07, 6.45) is 4.96. The zero-order chi connectivity index (χ0) is 25.1. The Morgan fingerprint density at radius 3 is 2.31 bits per heavy atom. The Labute approximate surface area is 213 Å². The van der Waals surface area contributed by atoms with E-state index in [0.717, 1.165) is 48.4 Å². The van der Waals surface area contributed by atoms with Gasteiger partial charge in [-0.15, -0.1) is 0 Å². The van der Waals surface area contributed by atoms with Crippen LogP contribution in [0.4, 0.5) is 0 Å². The maximum Gasteiger partial charge on any atom is 0.153 e. The molecule has 4 aromatic rings. The first-order valence-electron chi connectivity index (χ1n) is 11.9. The fourth-order valence-electron chi connectivity index (χ4n) is 5.56. The number of nitrogens with zero attached hydrogens (tertiary/aromatic N) is 2. The molecule has 2 aromatic carbocycles. The summed E-state index contributed by atoms with van der Waals surface area (Å²) in [6.45, 7) is 3.63. The molecule has 0 spiro atoms. The molecule has 0 saturated heterocycles. The molecule has 5 rings (SSSR count). The van der Waals surface area contributed by atoms with Crippen molar-refractivity contribution < 1.29 is 4.42 Å². The zero-order valence-electron chi connectivity index (χ0n) is 20.1. The first kappa shape index (κ1) is 23.9. The standard InChI is InChI=1S/C27H21B5N2O/c1-26(2,31)19-20(28)22(34-25(30)21(19)29)16-8-6-7-14-15-9-10-18(27(32)11-4-3-5-12-27)17(13-33)24(15)35-23(14)16/h6-10H,3-5,11-12H2,1-2H3. The SMILES string of the molecule is [B]c1nc(-c2cccc3c2oc2c(C#N)c(C4([B])CCCCC4)ccc23)c([B])c(C([B])(C)C)c1[B]. The van der Waals surface area contributed by atoms with E-state index in [1.54, 1.807) is 0 Å². The number of furan rings is 1. The van der Waals surface area contributed by atoms with Crippen LogP contribution >= 0.6 is 0 Å². The first-order chi connectivity index (χ1) is 16.6. The van der Waals surface area contributed by atoms with Crippen LogP contribution in [0.3, 0.4) is 0 Å². The molecule has 160 valence electrons. The lowest BCUT2D eigenvalue weighted by atomic mass is 9.56. The summed E-state index contributed by atoms with van der Waals surface area (Å²) in [5, 5.41) is 10.5. The molecule has 2 heterocycles. The molecule has 0 unspecified atom stereocenters. The Kier molecular flexibility index (Phi) is 5.74. The highest BCUT2D eigenvalue weighted by Gasteiger charge is 2.32. The Morgan fingerprint density at radius 1 is 0.971 bits per heavy atom. The third-order valence-electron chi connectivity index (χ3n) is 7.26. The van der Waals surface area contributed by atoms with Crippen LogP contribution in [0, 0.1) is 11.3 Å². The largest absolute Gasteiger partial charge is 0.454 e. The normalized spacial score (nSPS) is 15.9. The van der Waals surface area contributed by atoms with Crippen LogP contribution in [0.2, 0.25) is 0 Å². The van der Waals surface area contributed by atoms with Crippen LogP contribution in [-0.2, 0) is 10.6 Å². The van der Waals surface area contributed by atoms with Gasteiger partial charge in [-0.05, 0) is 27.9 Å². The zero-order valence-corrected chi connectivity index (χ0v) is 20.1. The van der Waals surface area contributed by atoms with Crippen molar-refractivity contribution in [2.45, 2.75) is 56.6 Å². The number of nitriles is 1. The molecule has 1 fully saturated rings. The van der Waals surface area contributed by atoms with E-state index in [1.807, 2.05) is 44.2 Å². The molecule has 10 radical (unpaired) electrons. The third kappa shape index (κ3) is 3.75. The smallest absolute Gasteiger partial charge is 0.153 e. The van der Waals surface area contributed by atoms with E-state index in [2.05, 4.69) is 11.1 Å². The molecule has 0 atom stereocenters. The molecule has 0 N–H and O–H groups in total. The minimum atomic E-state index is -0.833. The van der Waals surface area contributed by atoms with E-state index in [0.29, 0.717) is 39.0 Å². The number of hydrogen-bond donors (Lipinski definition) is 0. The molecule has 35 heavy (non-hydrogen) atoms. The highest BCUT2D eigenvalue weighted by atomic mass is 16.3. The van der Waals surface area contributed by atoms with Gasteiger partial charge in [-0.2, -0.15) is 5.26 Å². The molecular formula is C27H21B5N2O. The molecule has 3 nitrogen and oxygen atoms in total. The summed E-state index contributed by atoms with van der Waals surface area (Å²) in [4.78, 5) is 4.51. The lowest BCUT2D eigenvalue weighted by Gasteiger charge is -2.35. The average Bonchev–Trinajstić information content (AvgIpc) is 3.19. The lowest BCUT2D eigenvalue weighted by molar-refractivity contribution is 0.397. The van der Waals surface area contributed by atoms with Crippen molar-refractivity contribution in [2.75, 3.05) is 0 Å². The van der Waals surface area contributed by atoms with Crippen molar-refractivity contribution in [1.82, 2.24) is 4.98 Å². The van der Waals surface area contributed by atoms with Gasteiger partial charge in [0.05, 0.1) is 26.9 Å². The van der Waals surface area contributed by atoms with Crippen molar-refractivity contribution >= 4 is 77.7 Å². The van der Waals surface area contributed by atoms with E-state index in [1.165, 1.54) is 0 Å². The number of aromatic nitrogens is 1. The predicted molar refractivity (Wildman–Crippen MR) is 147 cm³/mol. The molecule has 1 aliphatic rings. The van der Waals surface area contributed by atoms with Crippen molar-refractivity contribution in [3.05, 3.63) is 47.0 Å². The van der Waals surface area contributed by atoms with Gasteiger partial charge in [-0.1, -0.05) is 86.7 Å². The van der Waals surface area contributed by atoms with Crippen molar-refractivity contribution in [1.29, 1.82) is 5.26 Å². The Hall–Kier alpha value is -2.80. The fourth-order valence-corrected chi connectivity index (χ4v) is 5.56. The van der Waals surface area contributed by atoms with Gasteiger partial charge in [0.15, 0.2) is 5.58 Å². The quantitative estimate of drug-likeness (QED) is 0.458. The van der Waals surface area contributed by atoms with Crippen molar-refractivity contribution in [3.8, 4) is 17.3 Å². The number of rotatable bonds is 3. The third-order valence-corrected chi connectivity index (χ3v) is 7.26. The van der Waals surface area contributed by atoms with Crippen molar-refractivity contribution in [2.24, 2.45) is 0 Å². The van der Waals surface area contributed by atoms with E-state index in [4.69, 9.17) is 43.6 Å². The second-order valence-electron chi connectivity index (χ2n) is 10.2. The van der Waals surface area contributed by atoms with Gasteiger partial charge in [0.1, 0.15) is 35.2 Å². The summed E-state index contributed by atoms with van der Waals surface area (Å²) in [5.74, 6) is 0.